The van der Waals surface area contributed by atoms with Crippen molar-refractivity contribution < 1.29 is 8.83 Å². The lowest BCUT2D eigenvalue weighted by molar-refractivity contribution is 0.666. The van der Waals surface area contributed by atoms with Gasteiger partial charge in [-0.05, 0) is 49.8 Å². The molecular formula is C46H24O2S. The van der Waals surface area contributed by atoms with Gasteiger partial charge in [0, 0.05) is 53.5 Å². The molecule has 49 heavy (non-hydrogen) atoms. The molecule has 0 saturated carbocycles. The molecule has 0 saturated heterocycles. The summed E-state index contributed by atoms with van der Waals surface area (Å²) in [6.07, 6.45) is 0. The molecule has 0 N–H and O–H groups in total. The highest BCUT2D eigenvalue weighted by Gasteiger charge is 2.23. The van der Waals surface area contributed by atoms with Crippen molar-refractivity contribution in [3.8, 4) is 11.1 Å². The molecule has 12 rings (SSSR count). The summed E-state index contributed by atoms with van der Waals surface area (Å²) >= 11 is 1.87. The van der Waals surface area contributed by atoms with Crippen molar-refractivity contribution in [1.29, 1.82) is 0 Å². The summed E-state index contributed by atoms with van der Waals surface area (Å²) in [6.45, 7) is 0. The van der Waals surface area contributed by atoms with Crippen LogP contribution in [0.15, 0.2) is 154 Å². The average Bonchev–Trinajstić information content (AvgIpc) is 3.86. The lowest BCUT2D eigenvalue weighted by Gasteiger charge is -2.14. The molecule has 2 nitrogen and oxygen atoms in total. The van der Waals surface area contributed by atoms with E-state index >= 15 is 0 Å². The Morgan fingerprint density at radius 1 is 0.286 bits per heavy atom. The van der Waals surface area contributed by atoms with Crippen LogP contribution < -0.4 is 0 Å². The van der Waals surface area contributed by atoms with Gasteiger partial charge in [-0.3, -0.25) is 0 Å². The largest absolute Gasteiger partial charge is 0.455 e. The first kappa shape index (κ1) is 25.9. The van der Waals surface area contributed by atoms with Crippen LogP contribution in [0.2, 0.25) is 0 Å². The van der Waals surface area contributed by atoms with Gasteiger partial charge in [0.05, 0.1) is 4.70 Å². The number of hydrogen-bond acceptors (Lipinski definition) is 3. The summed E-state index contributed by atoms with van der Waals surface area (Å²) in [5.74, 6) is 0. The summed E-state index contributed by atoms with van der Waals surface area (Å²) in [5, 5.41) is 17.4. The normalized spacial score (nSPS) is 12.5. The van der Waals surface area contributed by atoms with E-state index in [0.29, 0.717) is 0 Å². The van der Waals surface area contributed by atoms with E-state index in [9.17, 15) is 0 Å². The second-order valence-corrected chi connectivity index (χ2v) is 14.1. The van der Waals surface area contributed by atoms with Crippen LogP contribution in [0.3, 0.4) is 0 Å². The van der Waals surface area contributed by atoms with Crippen LogP contribution in [0, 0.1) is 0 Å². The molecule has 0 radical (unpaired) electrons. The Morgan fingerprint density at radius 2 is 0.755 bits per heavy atom. The molecule has 0 bridgehead atoms. The topological polar surface area (TPSA) is 26.3 Å². The molecule has 0 fully saturated rings. The Labute approximate surface area is 283 Å². The molecule has 3 heteroatoms. The fourth-order valence-electron chi connectivity index (χ4n) is 8.60. The molecule has 0 unspecified atom stereocenters. The van der Waals surface area contributed by atoms with Crippen LogP contribution in [-0.4, -0.2) is 0 Å². The van der Waals surface area contributed by atoms with Gasteiger partial charge in [-0.1, -0.05) is 133 Å². The maximum absolute atomic E-state index is 7.05. The Balaban J connectivity index is 1.25. The monoisotopic (exact) mass is 640 g/mol. The van der Waals surface area contributed by atoms with Crippen molar-refractivity contribution in [2.45, 2.75) is 0 Å². The highest BCUT2D eigenvalue weighted by molar-refractivity contribution is 7.28. The van der Waals surface area contributed by atoms with Gasteiger partial charge in [0.25, 0.3) is 0 Å². The minimum Gasteiger partial charge on any atom is -0.455 e. The molecule has 0 aliphatic heterocycles. The SMILES string of the molecule is c1ccc2c(c1)oc1c(-c3cccc4c3oc3c4ccc4c3sc3c4c4ccccc4c4c5ccccc5c5ccccc5c34)cccc12. The van der Waals surface area contributed by atoms with Crippen molar-refractivity contribution in [3.63, 3.8) is 0 Å². The first-order chi connectivity index (χ1) is 24.3. The van der Waals surface area contributed by atoms with Crippen molar-refractivity contribution in [2.24, 2.45) is 0 Å². The van der Waals surface area contributed by atoms with Gasteiger partial charge < -0.3 is 8.83 Å². The third-order valence-electron chi connectivity index (χ3n) is 10.6. The van der Waals surface area contributed by atoms with Crippen molar-refractivity contribution >= 4 is 118 Å². The first-order valence-electron chi connectivity index (χ1n) is 16.7. The third-order valence-corrected chi connectivity index (χ3v) is 11.9. The number of hydrogen-bond donors (Lipinski definition) is 0. The highest BCUT2D eigenvalue weighted by atomic mass is 32.1. The standard InChI is InChI=1S/C46H24O2S/c1-3-14-28-25(11-1)26-12-2-4-15-29(26)41-39(28)30-16-5-6-17-31(30)40-37-24-23-36-35-21-10-20-34(43(35)48-44(36)45(37)49-46(40)41)33-19-9-18-32-27-13-7-8-22-38(27)47-42(32)33/h1-24H. The van der Waals surface area contributed by atoms with Crippen molar-refractivity contribution in [3.05, 3.63) is 146 Å². The van der Waals surface area contributed by atoms with E-state index in [0.717, 1.165) is 55.0 Å². The first-order valence-corrected chi connectivity index (χ1v) is 17.5. The Hall–Kier alpha value is -6.16. The lowest BCUT2D eigenvalue weighted by Crippen LogP contribution is -1.86. The summed E-state index contributed by atoms with van der Waals surface area (Å²) < 4.78 is 16.0. The maximum atomic E-state index is 7.05. The smallest absolute Gasteiger partial charge is 0.153 e. The quantitative estimate of drug-likeness (QED) is 0.167. The molecule has 9 aromatic carbocycles. The minimum absolute atomic E-state index is 0.890. The number of thiophene rings is 1. The fraction of sp³-hybridized carbons (Fsp3) is 0. The number of furan rings is 2. The summed E-state index contributed by atoms with van der Waals surface area (Å²) in [7, 11) is 0. The van der Waals surface area contributed by atoms with Crippen molar-refractivity contribution in [1.82, 2.24) is 0 Å². The number of benzene rings is 9. The Bertz CT molecular complexity index is 3390. The summed E-state index contributed by atoms with van der Waals surface area (Å²) in [6, 6.07) is 52.5. The van der Waals surface area contributed by atoms with E-state index in [4.69, 9.17) is 8.83 Å². The zero-order valence-electron chi connectivity index (χ0n) is 26.1. The molecular weight excluding hydrogens is 617 g/mol. The molecule has 12 aromatic rings. The molecule has 3 aromatic heterocycles. The zero-order valence-corrected chi connectivity index (χ0v) is 26.9. The average molecular weight is 641 g/mol. The van der Waals surface area contributed by atoms with Crippen LogP contribution in [0.25, 0.3) is 118 Å². The van der Waals surface area contributed by atoms with Gasteiger partial charge in [-0.2, -0.15) is 0 Å². The van der Waals surface area contributed by atoms with Crippen molar-refractivity contribution in [2.75, 3.05) is 0 Å². The third kappa shape index (κ3) is 3.25. The fourth-order valence-corrected chi connectivity index (χ4v) is 9.97. The van der Waals surface area contributed by atoms with E-state index in [1.807, 2.05) is 23.5 Å². The highest BCUT2D eigenvalue weighted by Crippen LogP contribution is 2.51. The van der Waals surface area contributed by atoms with Gasteiger partial charge in [0.15, 0.2) is 5.58 Å². The van der Waals surface area contributed by atoms with Gasteiger partial charge in [0.1, 0.15) is 16.7 Å². The predicted octanol–water partition coefficient (Wildman–Crippen LogP) is 14.1. The Kier molecular flexibility index (Phi) is 4.89. The van der Waals surface area contributed by atoms with E-state index in [1.165, 1.54) is 63.3 Å². The number of para-hydroxylation sites is 3. The molecule has 0 amide bonds. The molecule has 0 aliphatic carbocycles. The van der Waals surface area contributed by atoms with E-state index in [2.05, 4.69) is 133 Å². The van der Waals surface area contributed by atoms with E-state index in [-0.39, 0.29) is 0 Å². The van der Waals surface area contributed by atoms with E-state index < -0.39 is 0 Å². The van der Waals surface area contributed by atoms with E-state index in [1.54, 1.807) is 0 Å². The molecule has 0 aliphatic rings. The second kappa shape index (κ2) is 9.25. The van der Waals surface area contributed by atoms with Gasteiger partial charge >= 0.3 is 0 Å². The Morgan fingerprint density at radius 3 is 1.45 bits per heavy atom. The number of rotatable bonds is 1. The van der Waals surface area contributed by atoms with Crippen LogP contribution in [0.1, 0.15) is 0 Å². The predicted molar refractivity (Wildman–Crippen MR) is 209 cm³/mol. The van der Waals surface area contributed by atoms with Crippen LogP contribution in [0.5, 0.6) is 0 Å². The molecule has 0 spiro atoms. The molecule has 226 valence electrons. The van der Waals surface area contributed by atoms with Crippen LogP contribution >= 0.6 is 11.3 Å². The maximum Gasteiger partial charge on any atom is 0.153 e. The lowest BCUT2D eigenvalue weighted by atomic mass is 9.89. The van der Waals surface area contributed by atoms with Crippen LogP contribution in [0.4, 0.5) is 0 Å². The van der Waals surface area contributed by atoms with Crippen LogP contribution in [-0.2, 0) is 0 Å². The van der Waals surface area contributed by atoms with Gasteiger partial charge in [-0.25, -0.2) is 0 Å². The molecule has 3 heterocycles. The van der Waals surface area contributed by atoms with Gasteiger partial charge in [0.2, 0.25) is 0 Å². The zero-order chi connectivity index (χ0) is 31.8. The minimum atomic E-state index is 0.890. The summed E-state index contributed by atoms with van der Waals surface area (Å²) in [5.41, 5.74) is 5.71. The molecule has 0 atom stereocenters. The van der Waals surface area contributed by atoms with Gasteiger partial charge in [-0.15, -0.1) is 11.3 Å². The summed E-state index contributed by atoms with van der Waals surface area (Å²) in [4.78, 5) is 0. The number of fused-ring (bicyclic) bond motifs is 20. The second-order valence-electron chi connectivity index (χ2n) is 13.1.